The van der Waals surface area contributed by atoms with Gasteiger partial charge in [-0.15, -0.1) is 0 Å². The molecule has 0 saturated carbocycles. The summed E-state index contributed by atoms with van der Waals surface area (Å²) in [6.45, 7) is 3.07. The predicted molar refractivity (Wildman–Crippen MR) is 150 cm³/mol. The lowest BCUT2D eigenvalue weighted by atomic mass is 9.86. The molecule has 1 aromatic heterocycles. The summed E-state index contributed by atoms with van der Waals surface area (Å²) in [5.74, 6) is 0.835. The summed E-state index contributed by atoms with van der Waals surface area (Å²) in [4.78, 5) is 25.9. The summed E-state index contributed by atoms with van der Waals surface area (Å²) in [5.41, 5.74) is 0.882. The molecule has 9 nitrogen and oxygen atoms in total. The van der Waals surface area contributed by atoms with Gasteiger partial charge in [-0.05, 0) is 47.4 Å². The summed E-state index contributed by atoms with van der Waals surface area (Å²) < 4.78 is 21.7. The Morgan fingerprint density at radius 1 is 0.975 bits per heavy atom. The lowest BCUT2D eigenvalue weighted by Crippen LogP contribution is -2.72. The topological polar surface area (TPSA) is 103 Å². The van der Waals surface area contributed by atoms with Crippen LogP contribution in [0.2, 0.25) is 0 Å². The van der Waals surface area contributed by atoms with Gasteiger partial charge in [0.1, 0.15) is 17.1 Å². The smallest absolute Gasteiger partial charge is 0.407 e. The van der Waals surface area contributed by atoms with E-state index in [0.29, 0.717) is 60.7 Å². The first-order valence-corrected chi connectivity index (χ1v) is 13.9. The summed E-state index contributed by atoms with van der Waals surface area (Å²) in [5, 5.41) is 19.4. The zero-order valence-corrected chi connectivity index (χ0v) is 21.9. The van der Waals surface area contributed by atoms with Crippen molar-refractivity contribution in [2.75, 3.05) is 42.6 Å². The molecule has 4 fully saturated rings. The van der Waals surface area contributed by atoms with E-state index in [0.717, 1.165) is 42.5 Å². The molecule has 3 aromatic carbocycles. The zero-order valence-electron chi connectivity index (χ0n) is 21.9. The van der Waals surface area contributed by atoms with E-state index in [2.05, 4.69) is 15.5 Å². The van der Waals surface area contributed by atoms with E-state index in [1.165, 1.54) is 0 Å². The van der Waals surface area contributed by atoms with E-state index >= 15 is 4.39 Å². The average Bonchev–Trinajstić information content (AvgIpc) is 3.28. The molecule has 1 spiro atoms. The van der Waals surface area contributed by atoms with Crippen molar-refractivity contribution in [1.82, 2.24) is 20.6 Å². The number of fused-ring (bicyclic) bond motifs is 4. The number of phenolic OH excluding ortho intramolecular Hbond substituents is 1. The number of amides is 1. The SMILES string of the molecule is O=C1NC2(CCO1)CN(c1nc(N3C[C@H]4CC[C@@H](C3)N4)c3ccc(-c4cc(O)cc5ccccc45)c(F)c3n1)C2. The number of rotatable bonds is 3. The predicted octanol–water partition coefficient (Wildman–Crippen LogP) is 3.92. The molecule has 5 heterocycles. The third-order valence-corrected chi connectivity index (χ3v) is 8.88. The highest BCUT2D eigenvalue weighted by Gasteiger charge is 2.48. The van der Waals surface area contributed by atoms with Crippen molar-refractivity contribution in [3.05, 3.63) is 54.3 Å². The molecule has 4 aliphatic heterocycles. The van der Waals surface area contributed by atoms with Gasteiger partial charge in [0, 0.05) is 55.6 Å². The van der Waals surface area contributed by atoms with E-state index < -0.39 is 11.9 Å². The Morgan fingerprint density at radius 2 is 1.77 bits per heavy atom. The Balaban J connectivity index is 1.26. The number of alkyl carbamates (subject to hydrolysis) is 1. The fourth-order valence-electron chi connectivity index (χ4n) is 6.93. The Labute approximate surface area is 230 Å². The second-order valence-electron chi connectivity index (χ2n) is 11.6. The van der Waals surface area contributed by atoms with Crippen molar-refractivity contribution < 1.29 is 19.0 Å². The van der Waals surface area contributed by atoms with Crippen LogP contribution < -0.4 is 20.4 Å². The number of halogens is 1. The van der Waals surface area contributed by atoms with Gasteiger partial charge in [-0.1, -0.05) is 30.3 Å². The molecule has 4 aliphatic rings. The van der Waals surface area contributed by atoms with Crippen LogP contribution in [0.5, 0.6) is 5.75 Å². The van der Waals surface area contributed by atoms with Gasteiger partial charge in [-0.25, -0.2) is 14.2 Å². The second-order valence-corrected chi connectivity index (χ2v) is 11.6. The van der Waals surface area contributed by atoms with Gasteiger partial charge >= 0.3 is 6.09 Å². The highest BCUT2D eigenvalue weighted by molar-refractivity contribution is 6.01. The van der Waals surface area contributed by atoms with Gasteiger partial charge in [-0.3, -0.25) is 0 Å². The van der Waals surface area contributed by atoms with Crippen LogP contribution in [0.15, 0.2) is 48.5 Å². The van der Waals surface area contributed by atoms with Gasteiger partial charge in [0.05, 0.1) is 12.1 Å². The maximum Gasteiger partial charge on any atom is 0.407 e. The minimum atomic E-state index is -0.439. The fraction of sp³-hybridized carbons (Fsp3) is 0.367. The summed E-state index contributed by atoms with van der Waals surface area (Å²) in [7, 11) is 0. The summed E-state index contributed by atoms with van der Waals surface area (Å²) in [6, 6.07) is 15.4. The molecule has 204 valence electrons. The van der Waals surface area contributed by atoms with Crippen LogP contribution in [0.3, 0.4) is 0 Å². The standard InChI is InChI=1S/C30H29FN6O3/c31-25-22(24-12-20(38)11-17-3-1-2-4-21(17)24)7-8-23-26(25)33-28(37-15-30(16-37)9-10-40-29(39)35-30)34-27(23)36-13-18-5-6-19(14-36)32-18/h1-4,7-8,11-12,18-19,32,38H,5-6,9-10,13-16H2,(H,35,39)/t18-,19+. The van der Waals surface area contributed by atoms with Crippen molar-refractivity contribution in [3.63, 3.8) is 0 Å². The maximum absolute atomic E-state index is 16.6. The number of phenols is 1. The Kier molecular flexibility index (Phi) is 5.13. The summed E-state index contributed by atoms with van der Waals surface area (Å²) >= 11 is 0. The van der Waals surface area contributed by atoms with Crippen LogP contribution in [-0.2, 0) is 4.74 Å². The molecular weight excluding hydrogens is 511 g/mol. The van der Waals surface area contributed by atoms with E-state index in [9.17, 15) is 9.90 Å². The number of carbonyl (C=O) groups is 1. The number of benzene rings is 3. The Bertz CT molecular complexity index is 1680. The first-order chi connectivity index (χ1) is 19.4. The Morgan fingerprint density at radius 3 is 2.58 bits per heavy atom. The molecule has 8 rings (SSSR count). The van der Waals surface area contributed by atoms with Crippen molar-refractivity contribution in [3.8, 4) is 16.9 Å². The lowest BCUT2D eigenvalue weighted by Gasteiger charge is -2.51. The highest BCUT2D eigenvalue weighted by Crippen LogP contribution is 2.40. The molecule has 10 heteroatoms. The van der Waals surface area contributed by atoms with Gasteiger partial charge in [0.15, 0.2) is 5.82 Å². The van der Waals surface area contributed by atoms with Crippen molar-refractivity contribution in [1.29, 1.82) is 0 Å². The molecule has 2 bridgehead atoms. The van der Waals surface area contributed by atoms with Crippen molar-refractivity contribution in [2.24, 2.45) is 0 Å². The third-order valence-electron chi connectivity index (χ3n) is 8.88. The van der Waals surface area contributed by atoms with E-state index in [1.807, 2.05) is 35.2 Å². The number of carbonyl (C=O) groups excluding carboxylic acids is 1. The number of hydrogen-bond acceptors (Lipinski definition) is 8. The molecule has 40 heavy (non-hydrogen) atoms. The van der Waals surface area contributed by atoms with Crippen LogP contribution in [0.4, 0.5) is 21.0 Å². The van der Waals surface area contributed by atoms with Crippen LogP contribution in [0, 0.1) is 5.82 Å². The Hall–Kier alpha value is -4.18. The number of anilines is 2. The molecule has 0 aliphatic carbocycles. The third kappa shape index (κ3) is 3.73. The van der Waals surface area contributed by atoms with E-state index in [-0.39, 0.29) is 16.8 Å². The minimum Gasteiger partial charge on any atom is -0.508 e. The van der Waals surface area contributed by atoms with Gasteiger partial charge in [-0.2, -0.15) is 4.98 Å². The number of nitrogens with one attached hydrogen (secondary N) is 2. The van der Waals surface area contributed by atoms with Gasteiger partial charge < -0.3 is 30.3 Å². The van der Waals surface area contributed by atoms with Crippen molar-refractivity contribution in [2.45, 2.75) is 36.9 Å². The number of cyclic esters (lactones) is 1. The number of hydrogen-bond donors (Lipinski definition) is 3. The highest BCUT2D eigenvalue weighted by atomic mass is 19.1. The first-order valence-electron chi connectivity index (χ1n) is 13.9. The molecule has 1 amide bonds. The largest absolute Gasteiger partial charge is 0.508 e. The number of nitrogens with zero attached hydrogens (tertiary/aromatic N) is 4. The van der Waals surface area contributed by atoms with Crippen LogP contribution in [0.1, 0.15) is 19.3 Å². The number of aromatic nitrogens is 2. The average molecular weight is 541 g/mol. The van der Waals surface area contributed by atoms with Crippen LogP contribution in [0.25, 0.3) is 32.8 Å². The van der Waals surface area contributed by atoms with Crippen LogP contribution in [-0.4, -0.2) is 71.6 Å². The zero-order chi connectivity index (χ0) is 27.0. The normalized spacial score (nSPS) is 23.4. The fourth-order valence-corrected chi connectivity index (χ4v) is 6.93. The van der Waals surface area contributed by atoms with Gasteiger partial charge in [0.25, 0.3) is 0 Å². The lowest BCUT2D eigenvalue weighted by molar-refractivity contribution is 0.0750. The number of piperazine rings is 1. The van der Waals surface area contributed by atoms with E-state index in [4.69, 9.17) is 14.7 Å². The molecular formula is C30H29FN6O3. The van der Waals surface area contributed by atoms with Gasteiger partial charge in [0.2, 0.25) is 5.95 Å². The number of ether oxygens (including phenoxy) is 1. The molecule has 4 aromatic rings. The molecule has 2 atom stereocenters. The summed E-state index contributed by atoms with van der Waals surface area (Å²) in [6.07, 6.45) is 2.55. The molecule has 0 unspecified atom stereocenters. The monoisotopic (exact) mass is 540 g/mol. The quantitative estimate of drug-likeness (QED) is 0.359. The van der Waals surface area contributed by atoms with Crippen molar-refractivity contribution >= 4 is 39.5 Å². The van der Waals surface area contributed by atoms with E-state index in [1.54, 1.807) is 18.2 Å². The minimum absolute atomic E-state index is 0.0814. The number of aromatic hydroxyl groups is 1. The molecule has 3 N–H and O–H groups in total. The first kappa shape index (κ1) is 23.7. The molecule has 4 saturated heterocycles. The van der Waals surface area contributed by atoms with Crippen LogP contribution >= 0.6 is 0 Å². The second kappa shape index (κ2) is 8.66. The maximum atomic E-state index is 16.6. The molecule has 0 radical (unpaired) electrons.